The van der Waals surface area contributed by atoms with Crippen LogP contribution in [0.1, 0.15) is 122 Å². The minimum Gasteiger partial charge on any atom is -0.494 e. The third kappa shape index (κ3) is 26.2. The normalized spacial score (nSPS) is 11.2. The number of hydrogen-bond donors (Lipinski definition) is 1. The molecule has 0 fully saturated rings. The Morgan fingerprint density at radius 3 is 1.37 bits per heavy atom. The monoisotopic (exact) mass is 1380 g/mol. The molecule has 10 aromatic rings. The number of benzene rings is 6. The van der Waals surface area contributed by atoms with Crippen molar-refractivity contribution in [3.05, 3.63) is 204 Å². The second kappa shape index (κ2) is 42.5. The molecule has 100 heavy (non-hydrogen) atoms. The SMILES string of the molecule is CCCCN(C)Cc1cn(C)nc1-c1ccc(OC(C)C)c(Cl)c1.CCCCN(C)Cc1cn(C)nc1-c1ccc(Oc2ccccc2)cc1.CCCCN(C)Cc1cn[nH]c1-c1ccc(OCCCOC)cc1.CCCCN(C)Cc1cnn(C)c1-c1ccc(Oc2ccccc2)cc1. The highest BCUT2D eigenvalue weighted by Gasteiger charge is 2.18. The number of ether oxygens (including phenoxy) is 5. The van der Waals surface area contributed by atoms with Gasteiger partial charge < -0.3 is 43.3 Å². The van der Waals surface area contributed by atoms with Gasteiger partial charge in [0.1, 0.15) is 34.5 Å². The van der Waals surface area contributed by atoms with Crippen LogP contribution in [-0.4, -0.2) is 140 Å². The molecule has 0 saturated carbocycles. The second-order valence-corrected chi connectivity index (χ2v) is 26.4. The van der Waals surface area contributed by atoms with E-state index in [0.717, 1.165) is 133 Å². The summed E-state index contributed by atoms with van der Waals surface area (Å²) in [5, 5.41) is 21.8. The van der Waals surface area contributed by atoms with E-state index < -0.39 is 0 Å². The second-order valence-electron chi connectivity index (χ2n) is 26.0. The van der Waals surface area contributed by atoms with Crippen LogP contribution in [0.3, 0.4) is 0 Å². The lowest BCUT2D eigenvalue weighted by Crippen LogP contribution is -2.19. The largest absolute Gasteiger partial charge is 0.494 e. The first-order valence-corrected chi connectivity index (χ1v) is 36.0. The summed E-state index contributed by atoms with van der Waals surface area (Å²) in [7, 11) is 16.3. The molecule has 17 nitrogen and oxygen atoms in total. The van der Waals surface area contributed by atoms with Gasteiger partial charge in [0, 0.05) is 124 Å². The number of methoxy groups -OCH3 is 1. The maximum atomic E-state index is 6.39. The molecule has 0 atom stereocenters. The molecule has 6 aromatic carbocycles. The van der Waals surface area contributed by atoms with Gasteiger partial charge in [-0.3, -0.25) is 19.1 Å². The number of aromatic nitrogens is 8. The van der Waals surface area contributed by atoms with Crippen LogP contribution in [0.4, 0.5) is 0 Å². The molecule has 4 aromatic heterocycles. The number of H-pyrrole nitrogens is 1. The Bertz CT molecular complexity index is 3860. The molecule has 0 saturated heterocycles. The van der Waals surface area contributed by atoms with E-state index >= 15 is 0 Å². The van der Waals surface area contributed by atoms with Crippen molar-refractivity contribution in [2.45, 2.75) is 132 Å². The Labute approximate surface area is 602 Å². The van der Waals surface area contributed by atoms with Gasteiger partial charge in [-0.1, -0.05) is 101 Å². The number of nitrogens with zero attached hydrogens (tertiary/aromatic N) is 11. The zero-order chi connectivity index (χ0) is 71.6. The van der Waals surface area contributed by atoms with E-state index in [4.69, 9.17) is 35.3 Å². The molecule has 0 radical (unpaired) electrons. The van der Waals surface area contributed by atoms with Crippen molar-refractivity contribution in [1.29, 1.82) is 0 Å². The molecule has 0 aliphatic rings. The van der Waals surface area contributed by atoms with Gasteiger partial charge in [0.25, 0.3) is 0 Å². The fraction of sp³-hybridized carbons (Fsp3) is 0.415. The summed E-state index contributed by atoms with van der Waals surface area (Å²) in [6, 6.07) is 50.1. The molecule has 4 heterocycles. The van der Waals surface area contributed by atoms with E-state index in [1.54, 1.807) is 7.11 Å². The molecule has 10 rings (SSSR count). The van der Waals surface area contributed by atoms with E-state index in [9.17, 15) is 0 Å². The molecular formula is C82H111ClN12O5. The van der Waals surface area contributed by atoms with Crippen molar-refractivity contribution in [1.82, 2.24) is 59.1 Å². The number of nitrogens with one attached hydrogen (secondary N) is 1. The lowest BCUT2D eigenvalue weighted by atomic mass is 10.1. The molecule has 0 spiro atoms. The van der Waals surface area contributed by atoms with Crippen molar-refractivity contribution in [2.24, 2.45) is 21.1 Å². The van der Waals surface area contributed by atoms with Gasteiger partial charge >= 0.3 is 0 Å². The van der Waals surface area contributed by atoms with Crippen molar-refractivity contribution >= 4 is 11.6 Å². The van der Waals surface area contributed by atoms with Gasteiger partial charge in [-0.05, 0) is 209 Å². The number of unbranched alkanes of at least 4 members (excludes halogenated alkanes) is 4. The number of aryl methyl sites for hydroxylation is 3. The fourth-order valence-corrected chi connectivity index (χ4v) is 11.6. The number of hydrogen-bond acceptors (Lipinski definition) is 13. The third-order valence-electron chi connectivity index (χ3n) is 16.6. The summed E-state index contributed by atoms with van der Waals surface area (Å²) in [5.41, 5.74) is 13.7. The highest BCUT2D eigenvalue weighted by molar-refractivity contribution is 6.32. The number of halogens is 1. The first-order chi connectivity index (χ1) is 48.5. The van der Waals surface area contributed by atoms with Gasteiger partial charge in [-0.2, -0.15) is 20.4 Å². The van der Waals surface area contributed by atoms with Crippen molar-refractivity contribution in [3.8, 4) is 79.5 Å². The molecule has 536 valence electrons. The van der Waals surface area contributed by atoms with E-state index in [2.05, 4.69) is 150 Å². The molecule has 0 aliphatic heterocycles. The predicted molar refractivity (Wildman–Crippen MR) is 411 cm³/mol. The zero-order valence-corrected chi connectivity index (χ0v) is 62.9. The van der Waals surface area contributed by atoms with Crippen molar-refractivity contribution in [3.63, 3.8) is 0 Å². The summed E-state index contributed by atoms with van der Waals surface area (Å²) in [4.78, 5) is 9.39. The van der Waals surface area contributed by atoms with E-state index in [1.807, 2.05) is 177 Å². The minimum atomic E-state index is 0.103. The summed E-state index contributed by atoms with van der Waals surface area (Å²) < 4.78 is 33.9. The molecule has 1 N–H and O–H groups in total. The fourth-order valence-electron chi connectivity index (χ4n) is 11.4. The highest BCUT2D eigenvalue weighted by Crippen LogP contribution is 2.34. The quantitative estimate of drug-likeness (QED) is 0.0377. The Balaban J connectivity index is 0.000000187. The number of para-hydroxylation sites is 2. The molecule has 0 amide bonds. The minimum absolute atomic E-state index is 0.103. The topological polar surface area (TPSA) is 141 Å². The van der Waals surface area contributed by atoms with Crippen LogP contribution >= 0.6 is 11.6 Å². The maximum absolute atomic E-state index is 6.39. The zero-order valence-electron chi connectivity index (χ0n) is 62.1. The molecule has 0 aliphatic carbocycles. The van der Waals surface area contributed by atoms with Gasteiger partial charge in [0.15, 0.2) is 0 Å². The molecule has 18 heteroatoms. The molecule has 0 unspecified atom stereocenters. The first kappa shape index (κ1) is 78.8. The summed E-state index contributed by atoms with van der Waals surface area (Å²) in [5.74, 6) is 4.96. The number of rotatable bonds is 35. The van der Waals surface area contributed by atoms with Crippen LogP contribution in [0.25, 0.3) is 45.0 Å². The maximum Gasteiger partial charge on any atom is 0.138 e. The van der Waals surface area contributed by atoms with Crippen LogP contribution < -0.4 is 18.9 Å². The van der Waals surface area contributed by atoms with Gasteiger partial charge in [0.05, 0.1) is 52.9 Å². The lowest BCUT2D eigenvalue weighted by molar-refractivity contribution is 0.172. The Kier molecular flexibility index (Phi) is 33.5. The third-order valence-corrected chi connectivity index (χ3v) is 16.9. The summed E-state index contributed by atoms with van der Waals surface area (Å²) in [6.45, 7) is 22.3. The van der Waals surface area contributed by atoms with E-state index in [0.29, 0.717) is 17.4 Å². The van der Waals surface area contributed by atoms with E-state index in [-0.39, 0.29) is 6.10 Å². The van der Waals surface area contributed by atoms with Gasteiger partial charge in [0.2, 0.25) is 0 Å². The Morgan fingerprint density at radius 1 is 0.470 bits per heavy atom. The van der Waals surface area contributed by atoms with Gasteiger partial charge in [-0.15, -0.1) is 0 Å². The standard InChI is InChI=1S/2C22H27N3O.C19H28ClN3O.C19H29N3O2/c1-4-5-15-24(2)16-19-17-25(3)23-22(19)18-11-13-21(14-12-18)26-20-9-7-6-8-10-20;1-4-5-15-24(2)17-19-16-23-25(3)22(19)18-11-13-21(14-12-18)26-20-9-7-6-8-10-20;1-6-7-10-22(4)12-16-13-23(5)21-19(16)15-8-9-18(17(20)11-15)24-14(2)3;1-4-5-11-22(2)15-17-14-20-21-19(17)16-7-9-18(10-8-16)24-13-6-12-23-3/h6-14,17H,4-5,15-16H2,1-3H3;6-14,16H,4-5,15,17H2,1-3H3;8-9,11,13-14H,6-7,10,12H2,1-5H3;7-10,14H,4-6,11-13,15H2,1-3H3,(H,20,21). The summed E-state index contributed by atoms with van der Waals surface area (Å²) in [6.07, 6.45) is 18.8. The van der Waals surface area contributed by atoms with Crippen LogP contribution in [0, 0.1) is 0 Å². The van der Waals surface area contributed by atoms with Crippen molar-refractivity contribution < 1.29 is 23.7 Å². The van der Waals surface area contributed by atoms with Crippen LogP contribution in [0.2, 0.25) is 5.02 Å². The highest BCUT2D eigenvalue weighted by atomic mass is 35.5. The van der Waals surface area contributed by atoms with Gasteiger partial charge in [-0.25, -0.2) is 0 Å². The smallest absolute Gasteiger partial charge is 0.138 e. The van der Waals surface area contributed by atoms with Crippen LogP contribution in [-0.2, 0) is 52.1 Å². The number of aromatic amines is 1. The lowest BCUT2D eigenvalue weighted by Gasteiger charge is -2.16. The Hall–Kier alpha value is -8.55. The Morgan fingerprint density at radius 2 is 0.900 bits per heavy atom. The van der Waals surface area contributed by atoms with Crippen molar-refractivity contribution in [2.75, 3.05) is 74.7 Å². The average molecular weight is 1380 g/mol. The first-order valence-electron chi connectivity index (χ1n) is 35.6. The molecular weight excluding hydrogens is 1270 g/mol. The summed E-state index contributed by atoms with van der Waals surface area (Å²) >= 11 is 6.39. The molecule has 0 bridgehead atoms. The van der Waals surface area contributed by atoms with Crippen LogP contribution in [0.15, 0.2) is 176 Å². The van der Waals surface area contributed by atoms with Crippen LogP contribution in [0.5, 0.6) is 34.5 Å². The van der Waals surface area contributed by atoms with E-state index in [1.165, 1.54) is 79.3 Å². The average Bonchev–Trinajstić information content (AvgIpc) is 1.80. The predicted octanol–water partition coefficient (Wildman–Crippen LogP) is 18.7.